The Hall–Kier alpha value is -3.09. The maximum atomic E-state index is 12.1. The number of carbonyl (C=O) groups excluding carboxylic acids is 2. The van der Waals surface area contributed by atoms with E-state index in [1.165, 1.54) is 6.07 Å². The van der Waals surface area contributed by atoms with Crippen LogP contribution in [0.25, 0.3) is 0 Å². The van der Waals surface area contributed by atoms with Crippen LogP contribution in [0.4, 0.5) is 5.82 Å². The molecule has 0 spiro atoms. The lowest BCUT2D eigenvalue weighted by atomic mass is 10.1. The lowest BCUT2D eigenvalue weighted by Crippen LogP contribution is -2.30. The SMILES string of the molecule is Cc1cc(C)cc(C(=O)NC(=O)c2ccnc([N+](=O)[O-])c2)c1. The number of amides is 2. The van der Waals surface area contributed by atoms with Gasteiger partial charge in [-0.25, -0.2) is 0 Å². The number of imide groups is 1. The molecule has 0 saturated heterocycles. The molecular formula is C15H13N3O4. The monoisotopic (exact) mass is 299 g/mol. The van der Waals surface area contributed by atoms with E-state index in [9.17, 15) is 19.7 Å². The molecule has 2 aromatic rings. The molecule has 2 rings (SSSR count). The zero-order chi connectivity index (χ0) is 16.3. The van der Waals surface area contributed by atoms with Crippen LogP contribution in [0.1, 0.15) is 31.8 Å². The van der Waals surface area contributed by atoms with Crippen LogP contribution in [0.3, 0.4) is 0 Å². The first-order valence-corrected chi connectivity index (χ1v) is 6.41. The Balaban J connectivity index is 2.19. The van der Waals surface area contributed by atoms with E-state index in [-0.39, 0.29) is 5.56 Å². The van der Waals surface area contributed by atoms with Gasteiger partial charge in [0.2, 0.25) is 0 Å². The normalized spacial score (nSPS) is 10.1. The van der Waals surface area contributed by atoms with Crippen LogP contribution in [0.15, 0.2) is 36.5 Å². The fourth-order valence-corrected chi connectivity index (χ4v) is 2.01. The highest BCUT2D eigenvalue weighted by Gasteiger charge is 2.16. The lowest BCUT2D eigenvalue weighted by Gasteiger charge is -2.06. The molecule has 0 unspecified atom stereocenters. The molecule has 1 heterocycles. The quantitative estimate of drug-likeness (QED) is 0.531. The smallest absolute Gasteiger partial charge is 0.358 e. The average molecular weight is 299 g/mol. The second kappa shape index (κ2) is 6.13. The van der Waals surface area contributed by atoms with Gasteiger partial charge >= 0.3 is 5.82 Å². The summed E-state index contributed by atoms with van der Waals surface area (Å²) in [6, 6.07) is 7.54. The van der Waals surface area contributed by atoms with Crippen molar-refractivity contribution >= 4 is 17.6 Å². The van der Waals surface area contributed by atoms with Crippen molar-refractivity contribution in [2.75, 3.05) is 0 Å². The number of hydrogen-bond donors (Lipinski definition) is 1. The minimum Gasteiger partial charge on any atom is -0.358 e. The number of aromatic nitrogens is 1. The Kier molecular flexibility index (Phi) is 4.26. The van der Waals surface area contributed by atoms with E-state index in [2.05, 4.69) is 10.3 Å². The van der Waals surface area contributed by atoms with Gasteiger partial charge in [0.1, 0.15) is 6.20 Å². The number of pyridine rings is 1. The van der Waals surface area contributed by atoms with Crippen molar-refractivity contribution in [3.8, 4) is 0 Å². The van der Waals surface area contributed by atoms with Crippen LogP contribution in [0, 0.1) is 24.0 Å². The van der Waals surface area contributed by atoms with E-state index in [4.69, 9.17) is 0 Å². The van der Waals surface area contributed by atoms with Crippen LogP contribution in [0.5, 0.6) is 0 Å². The zero-order valence-electron chi connectivity index (χ0n) is 12.0. The van der Waals surface area contributed by atoms with Crippen molar-refractivity contribution in [1.82, 2.24) is 10.3 Å². The van der Waals surface area contributed by atoms with Crippen molar-refractivity contribution in [2.24, 2.45) is 0 Å². The molecule has 7 heteroatoms. The van der Waals surface area contributed by atoms with E-state index in [1.807, 2.05) is 19.9 Å². The first kappa shape index (κ1) is 15.3. The predicted molar refractivity (Wildman–Crippen MR) is 78.6 cm³/mol. The van der Waals surface area contributed by atoms with Crippen LogP contribution in [-0.4, -0.2) is 21.7 Å². The molecule has 0 atom stereocenters. The van der Waals surface area contributed by atoms with Gasteiger partial charge < -0.3 is 10.1 Å². The van der Waals surface area contributed by atoms with Crippen LogP contribution in [-0.2, 0) is 0 Å². The third-order valence-electron chi connectivity index (χ3n) is 2.91. The van der Waals surface area contributed by atoms with Gasteiger partial charge in [0.25, 0.3) is 11.8 Å². The Bertz CT molecular complexity index is 751. The minimum absolute atomic E-state index is 0.000532. The summed E-state index contributed by atoms with van der Waals surface area (Å²) in [7, 11) is 0. The predicted octanol–water partition coefficient (Wildman–Crippen LogP) is 2.18. The molecule has 0 saturated carbocycles. The highest BCUT2D eigenvalue weighted by Crippen LogP contribution is 2.11. The van der Waals surface area contributed by atoms with Crippen molar-refractivity contribution in [2.45, 2.75) is 13.8 Å². The van der Waals surface area contributed by atoms with Crippen molar-refractivity contribution in [3.63, 3.8) is 0 Å². The molecule has 112 valence electrons. The van der Waals surface area contributed by atoms with E-state index < -0.39 is 22.6 Å². The molecule has 0 bridgehead atoms. The van der Waals surface area contributed by atoms with Gasteiger partial charge in [0, 0.05) is 11.6 Å². The second-order valence-electron chi connectivity index (χ2n) is 4.82. The number of nitrogens with zero attached hydrogens (tertiary/aromatic N) is 2. The van der Waals surface area contributed by atoms with E-state index >= 15 is 0 Å². The molecule has 0 fully saturated rings. The van der Waals surface area contributed by atoms with Gasteiger partial charge in [-0.2, -0.15) is 0 Å². The second-order valence-corrected chi connectivity index (χ2v) is 4.82. The highest BCUT2D eigenvalue weighted by atomic mass is 16.6. The number of hydrogen-bond acceptors (Lipinski definition) is 5. The summed E-state index contributed by atoms with van der Waals surface area (Å²) in [5, 5.41) is 12.8. The molecule has 0 aliphatic rings. The fraction of sp³-hybridized carbons (Fsp3) is 0.133. The standard InChI is InChI=1S/C15H13N3O4/c1-9-5-10(2)7-12(6-9)15(20)17-14(19)11-3-4-16-13(8-11)18(21)22/h3-8H,1-2H3,(H,17,19,20). The van der Waals surface area contributed by atoms with Gasteiger partial charge in [-0.1, -0.05) is 17.2 Å². The molecule has 22 heavy (non-hydrogen) atoms. The fourth-order valence-electron chi connectivity index (χ4n) is 2.01. The summed E-state index contributed by atoms with van der Waals surface area (Å²) in [5.74, 6) is -1.72. The molecule has 1 aromatic carbocycles. The summed E-state index contributed by atoms with van der Waals surface area (Å²) in [6.07, 6.45) is 1.15. The number of aryl methyl sites for hydroxylation is 2. The lowest BCUT2D eigenvalue weighted by molar-refractivity contribution is -0.389. The summed E-state index contributed by atoms with van der Waals surface area (Å²) >= 11 is 0. The van der Waals surface area contributed by atoms with E-state index in [0.29, 0.717) is 5.56 Å². The molecule has 0 radical (unpaired) electrons. The number of rotatable bonds is 3. The first-order chi connectivity index (χ1) is 10.4. The summed E-state index contributed by atoms with van der Waals surface area (Å²) in [4.78, 5) is 37.5. The number of nitrogens with one attached hydrogen (secondary N) is 1. The largest absolute Gasteiger partial charge is 0.364 e. The third kappa shape index (κ3) is 3.51. The molecule has 1 N–H and O–H groups in total. The molecular weight excluding hydrogens is 286 g/mol. The minimum atomic E-state index is -0.713. The Labute approximate surface area is 126 Å². The van der Waals surface area contributed by atoms with E-state index in [1.54, 1.807) is 12.1 Å². The highest BCUT2D eigenvalue weighted by molar-refractivity contribution is 6.10. The average Bonchev–Trinajstić information content (AvgIpc) is 2.46. The van der Waals surface area contributed by atoms with Crippen molar-refractivity contribution < 1.29 is 14.5 Å². The van der Waals surface area contributed by atoms with Crippen LogP contribution >= 0.6 is 0 Å². The molecule has 0 aliphatic heterocycles. The van der Waals surface area contributed by atoms with E-state index in [0.717, 1.165) is 23.4 Å². The number of carbonyl (C=O) groups is 2. The Morgan fingerprint density at radius 2 is 1.64 bits per heavy atom. The maximum Gasteiger partial charge on any atom is 0.364 e. The first-order valence-electron chi connectivity index (χ1n) is 6.41. The maximum absolute atomic E-state index is 12.1. The summed E-state index contributed by atoms with van der Waals surface area (Å²) in [5.41, 5.74) is 2.16. The van der Waals surface area contributed by atoms with Crippen molar-refractivity contribution in [3.05, 3.63) is 68.9 Å². The Morgan fingerprint density at radius 1 is 1.05 bits per heavy atom. The molecule has 7 nitrogen and oxygen atoms in total. The van der Waals surface area contributed by atoms with Crippen LogP contribution in [0.2, 0.25) is 0 Å². The van der Waals surface area contributed by atoms with Gasteiger partial charge in [-0.05, 0) is 42.0 Å². The number of benzene rings is 1. The summed E-state index contributed by atoms with van der Waals surface area (Å²) in [6.45, 7) is 3.69. The zero-order valence-corrected chi connectivity index (χ0v) is 12.0. The molecule has 2 amide bonds. The molecule has 1 aromatic heterocycles. The van der Waals surface area contributed by atoms with Crippen molar-refractivity contribution in [1.29, 1.82) is 0 Å². The van der Waals surface area contributed by atoms with Gasteiger partial charge in [0.05, 0.1) is 5.56 Å². The third-order valence-corrected chi connectivity index (χ3v) is 2.91. The Morgan fingerprint density at radius 3 is 2.23 bits per heavy atom. The number of nitro groups is 1. The van der Waals surface area contributed by atoms with Gasteiger partial charge in [-0.15, -0.1) is 0 Å². The summed E-state index contributed by atoms with van der Waals surface area (Å²) < 4.78 is 0. The van der Waals surface area contributed by atoms with Gasteiger partial charge in [0.15, 0.2) is 0 Å². The van der Waals surface area contributed by atoms with Crippen LogP contribution < -0.4 is 5.32 Å². The molecule has 0 aliphatic carbocycles. The van der Waals surface area contributed by atoms with Gasteiger partial charge in [-0.3, -0.25) is 14.9 Å². The topological polar surface area (TPSA) is 102 Å².